The van der Waals surface area contributed by atoms with Gasteiger partial charge in [-0.25, -0.2) is 4.79 Å². The third-order valence-electron chi connectivity index (χ3n) is 6.47. The molecular formula is C24H37N3O4. The van der Waals surface area contributed by atoms with Crippen LogP contribution in [0.1, 0.15) is 70.0 Å². The van der Waals surface area contributed by atoms with E-state index >= 15 is 0 Å². The topological polar surface area (TPSA) is 79.9 Å². The second-order valence-electron chi connectivity index (χ2n) is 8.90. The zero-order valence-electron chi connectivity index (χ0n) is 19.5. The number of carbonyl (C=O) groups excluding carboxylic acids is 2. The molecule has 3 amide bonds. The summed E-state index contributed by atoms with van der Waals surface area (Å²) >= 11 is 0. The van der Waals surface area contributed by atoms with E-state index in [0.717, 1.165) is 49.7 Å². The summed E-state index contributed by atoms with van der Waals surface area (Å²) in [6.45, 7) is 6.56. The van der Waals surface area contributed by atoms with Crippen molar-refractivity contribution in [2.24, 2.45) is 5.92 Å². The fraction of sp³-hybridized carbons (Fsp3) is 0.667. The molecule has 0 aromatic heterocycles. The first-order valence-electron chi connectivity index (χ1n) is 11.5. The molecule has 0 saturated heterocycles. The van der Waals surface area contributed by atoms with Gasteiger partial charge in [-0.15, -0.1) is 0 Å². The quantitative estimate of drug-likeness (QED) is 0.688. The van der Waals surface area contributed by atoms with E-state index in [1.807, 2.05) is 30.9 Å². The fourth-order valence-corrected chi connectivity index (χ4v) is 4.86. The zero-order valence-corrected chi connectivity index (χ0v) is 19.5. The summed E-state index contributed by atoms with van der Waals surface area (Å²) in [6, 6.07) is 3.46. The number of amides is 3. The van der Waals surface area contributed by atoms with Crippen LogP contribution in [-0.2, 0) is 11.2 Å². The number of hydrogen-bond donors (Lipinski definition) is 2. The largest absolute Gasteiger partial charge is 0.493 e. The van der Waals surface area contributed by atoms with Crippen molar-refractivity contribution in [2.75, 3.05) is 20.8 Å². The lowest BCUT2D eigenvalue weighted by Gasteiger charge is -2.42. The number of benzene rings is 1. The van der Waals surface area contributed by atoms with Gasteiger partial charge in [0.25, 0.3) is 0 Å². The molecule has 7 heteroatoms. The Balaban J connectivity index is 1.98. The molecule has 2 unspecified atom stereocenters. The number of hydrogen-bond acceptors (Lipinski definition) is 4. The second-order valence-corrected chi connectivity index (χ2v) is 8.90. The molecule has 0 spiro atoms. The number of nitrogens with zero attached hydrogens (tertiary/aromatic N) is 1. The normalized spacial score (nSPS) is 19.7. The van der Waals surface area contributed by atoms with Gasteiger partial charge in [0.2, 0.25) is 5.91 Å². The van der Waals surface area contributed by atoms with Gasteiger partial charge < -0.3 is 25.0 Å². The van der Waals surface area contributed by atoms with E-state index in [1.165, 1.54) is 0 Å². The van der Waals surface area contributed by atoms with Crippen molar-refractivity contribution >= 4 is 11.9 Å². The van der Waals surface area contributed by atoms with Gasteiger partial charge in [-0.3, -0.25) is 4.79 Å². The third kappa shape index (κ3) is 5.08. The van der Waals surface area contributed by atoms with E-state index in [-0.39, 0.29) is 36.0 Å². The van der Waals surface area contributed by atoms with Crippen molar-refractivity contribution in [3.8, 4) is 11.5 Å². The van der Waals surface area contributed by atoms with Crippen LogP contribution in [0, 0.1) is 5.92 Å². The molecule has 172 valence electrons. The number of ether oxygens (including phenoxy) is 2. The minimum atomic E-state index is -0.266. The van der Waals surface area contributed by atoms with Crippen LogP contribution >= 0.6 is 0 Å². The maximum atomic E-state index is 13.1. The van der Waals surface area contributed by atoms with Crippen molar-refractivity contribution in [1.29, 1.82) is 0 Å². The van der Waals surface area contributed by atoms with Crippen LogP contribution in [0.25, 0.3) is 0 Å². The van der Waals surface area contributed by atoms with Gasteiger partial charge in [0.1, 0.15) is 0 Å². The van der Waals surface area contributed by atoms with E-state index < -0.39 is 0 Å². The lowest BCUT2D eigenvalue weighted by Crippen LogP contribution is -2.54. The summed E-state index contributed by atoms with van der Waals surface area (Å²) in [5.41, 5.74) is 2.14. The van der Waals surface area contributed by atoms with E-state index in [9.17, 15) is 9.59 Å². The van der Waals surface area contributed by atoms with Gasteiger partial charge in [-0.05, 0) is 62.8 Å². The monoisotopic (exact) mass is 431 g/mol. The van der Waals surface area contributed by atoms with Gasteiger partial charge in [0, 0.05) is 18.5 Å². The van der Waals surface area contributed by atoms with E-state index in [0.29, 0.717) is 18.0 Å². The molecule has 1 aromatic rings. The highest BCUT2D eigenvalue weighted by Gasteiger charge is 2.38. The molecule has 1 saturated carbocycles. The van der Waals surface area contributed by atoms with Crippen molar-refractivity contribution in [3.63, 3.8) is 0 Å². The summed E-state index contributed by atoms with van der Waals surface area (Å²) in [4.78, 5) is 28.0. The third-order valence-corrected chi connectivity index (χ3v) is 6.47. The smallest absolute Gasteiger partial charge is 0.318 e. The molecule has 0 bridgehead atoms. The van der Waals surface area contributed by atoms with Crippen LogP contribution in [0.4, 0.5) is 4.79 Å². The highest BCUT2D eigenvalue weighted by Crippen LogP contribution is 2.40. The Morgan fingerprint density at radius 2 is 1.74 bits per heavy atom. The van der Waals surface area contributed by atoms with Crippen LogP contribution in [0.3, 0.4) is 0 Å². The van der Waals surface area contributed by atoms with E-state index in [4.69, 9.17) is 9.47 Å². The maximum absolute atomic E-state index is 13.1. The van der Waals surface area contributed by atoms with Crippen molar-refractivity contribution < 1.29 is 19.1 Å². The molecule has 1 heterocycles. The minimum Gasteiger partial charge on any atom is -0.493 e. The molecule has 2 N–H and O–H groups in total. The molecular weight excluding hydrogens is 394 g/mol. The van der Waals surface area contributed by atoms with Gasteiger partial charge in [-0.2, -0.15) is 0 Å². The predicted octanol–water partition coefficient (Wildman–Crippen LogP) is 3.81. The summed E-state index contributed by atoms with van der Waals surface area (Å²) in [7, 11) is 3.24. The molecule has 3 rings (SSSR count). The molecule has 2 atom stereocenters. The molecule has 1 aromatic carbocycles. The van der Waals surface area contributed by atoms with Crippen molar-refractivity contribution in [3.05, 3.63) is 23.3 Å². The molecule has 0 radical (unpaired) electrons. The van der Waals surface area contributed by atoms with E-state index in [2.05, 4.69) is 17.6 Å². The molecule has 1 fully saturated rings. The average Bonchev–Trinajstić information content (AvgIpc) is 3.30. The van der Waals surface area contributed by atoms with E-state index in [1.54, 1.807) is 14.2 Å². The zero-order chi connectivity index (χ0) is 22.5. The number of methoxy groups -OCH3 is 2. The number of carbonyl (C=O) groups is 2. The molecule has 31 heavy (non-hydrogen) atoms. The van der Waals surface area contributed by atoms with Crippen molar-refractivity contribution in [2.45, 2.75) is 77.4 Å². The first-order valence-corrected chi connectivity index (χ1v) is 11.5. The highest BCUT2D eigenvalue weighted by molar-refractivity contribution is 5.80. The Bertz CT molecular complexity index is 789. The Kier molecular flexibility index (Phi) is 7.68. The average molecular weight is 432 g/mol. The number of urea groups is 1. The maximum Gasteiger partial charge on any atom is 0.318 e. The molecule has 2 aliphatic rings. The SMILES string of the molecule is CCC(NC(=O)C1CCCC1)C1c2cc(OC)c(OC)cc2CCN1C(=O)NC(C)C. The molecule has 7 nitrogen and oxygen atoms in total. The standard InChI is InChI=1S/C24H37N3O4/c1-6-19(26-23(28)16-9-7-8-10-16)22-18-14-21(31-5)20(30-4)13-17(18)11-12-27(22)24(29)25-15(2)3/h13-16,19,22H,6-12H2,1-5H3,(H,25,29)(H,26,28). The van der Waals surface area contributed by atoms with Gasteiger partial charge in [-0.1, -0.05) is 19.8 Å². The van der Waals surface area contributed by atoms with Crippen LogP contribution in [-0.4, -0.2) is 49.7 Å². The summed E-state index contributed by atoms with van der Waals surface area (Å²) < 4.78 is 11.1. The predicted molar refractivity (Wildman–Crippen MR) is 121 cm³/mol. The minimum absolute atomic E-state index is 0.0353. The molecule has 1 aliphatic carbocycles. The highest BCUT2D eigenvalue weighted by atomic mass is 16.5. The molecule has 1 aliphatic heterocycles. The second kappa shape index (κ2) is 10.2. The summed E-state index contributed by atoms with van der Waals surface area (Å²) in [5.74, 6) is 1.51. The Labute approximate surface area is 185 Å². The van der Waals surface area contributed by atoms with Crippen LogP contribution in [0.15, 0.2) is 12.1 Å². The van der Waals surface area contributed by atoms with Crippen LogP contribution < -0.4 is 20.1 Å². The summed E-state index contributed by atoms with van der Waals surface area (Å²) in [5, 5.41) is 6.32. The summed E-state index contributed by atoms with van der Waals surface area (Å²) in [6.07, 6.45) is 5.58. The lowest BCUT2D eigenvalue weighted by molar-refractivity contribution is -0.126. The van der Waals surface area contributed by atoms with Crippen LogP contribution in [0.5, 0.6) is 11.5 Å². The number of nitrogens with one attached hydrogen (secondary N) is 2. The Hall–Kier alpha value is -2.44. The van der Waals surface area contributed by atoms with Gasteiger partial charge in [0.05, 0.1) is 26.3 Å². The van der Waals surface area contributed by atoms with Crippen molar-refractivity contribution in [1.82, 2.24) is 15.5 Å². The fourth-order valence-electron chi connectivity index (χ4n) is 4.86. The Morgan fingerprint density at radius 3 is 2.32 bits per heavy atom. The van der Waals surface area contributed by atoms with Gasteiger partial charge in [0.15, 0.2) is 11.5 Å². The number of fused-ring (bicyclic) bond motifs is 1. The lowest BCUT2D eigenvalue weighted by atomic mass is 9.86. The number of rotatable bonds is 7. The first kappa shape index (κ1) is 23.2. The van der Waals surface area contributed by atoms with Gasteiger partial charge >= 0.3 is 6.03 Å². The van der Waals surface area contributed by atoms with Crippen LogP contribution in [0.2, 0.25) is 0 Å². The first-order chi connectivity index (χ1) is 14.9. The Morgan fingerprint density at radius 1 is 1.10 bits per heavy atom.